The topological polar surface area (TPSA) is 54.4 Å². The first-order valence-corrected chi connectivity index (χ1v) is 6.59. The predicted octanol–water partition coefficient (Wildman–Crippen LogP) is 3.32. The van der Waals surface area contributed by atoms with Gasteiger partial charge < -0.3 is 5.11 Å². The summed E-state index contributed by atoms with van der Waals surface area (Å²) >= 11 is 1.44. The zero-order chi connectivity index (χ0) is 13.6. The molecule has 1 aromatic heterocycles. The van der Waals surface area contributed by atoms with Gasteiger partial charge in [0.15, 0.2) is 11.2 Å². The third-order valence-corrected chi connectivity index (χ3v) is 4.21. The standard InChI is InChI=1S/C15H10O3S/c1-8(16)10-7-14-11(6-12(10)17)15(18)9-4-2-3-5-13(9)19-14/h2-7,17H,1H3. The molecule has 0 fully saturated rings. The van der Waals surface area contributed by atoms with Gasteiger partial charge in [0.05, 0.1) is 5.56 Å². The van der Waals surface area contributed by atoms with Crippen LogP contribution >= 0.6 is 11.3 Å². The van der Waals surface area contributed by atoms with Gasteiger partial charge in [0.2, 0.25) is 0 Å². The fourth-order valence-electron chi connectivity index (χ4n) is 2.12. The number of hydrogen-bond acceptors (Lipinski definition) is 4. The summed E-state index contributed by atoms with van der Waals surface area (Å²) in [5, 5.41) is 10.9. The summed E-state index contributed by atoms with van der Waals surface area (Å²) < 4.78 is 1.59. The molecule has 0 saturated carbocycles. The minimum atomic E-state index is -0.216. The smallest absolute Gasteiger partial charge is 0.196 e. The molecule has 0 aliphatic rings. The maximum atomic E-state index is 12.3. The van der Waals surface area contributed by atoms with Crippen molar-refractivity contribution in [1.82, 2.24) is 0 Å². The van der Waals surface area contributed by atoms with Crippen LogP contribution in [0.25, 0.3) is 20.2 Å². The third-order valence-electron chi connectivity index (χ3n) is 3.07. The van der Waals surface area contributed by atoms with Crippen LogP contribution in [0.15, 0.2) is 41.2 Å². The fourth-order valence-corrected chi connectivity index (χ4v) is 3.21. The lowest BCUT2D eigenvalue weighted by Crippen LogP contribution is -2.02. The Kier molecular flexibility index (Phi) is 2.61. The SMILES string of the molecule is CC(=O)c1cc2sc3ccccc3c(=O)c2cc1O. The third kappa shape index (κ3) is 1.81. The number of rotatable bonds is 1. The van der Waals surface area contributed by atoms with Crippen LogP contribution in [0.1, 0.15) is 17.3 Å². The van der Waals surface area contributed by atoms with Crippen molar-refractivity contribution in [1.29, 1.82) is 0 Å². The summed E-state index contributed by atoms with van der Waals surface area (Å²) in [4.78, 5) is 23.8. The number of carbonyl (C=O) groups excluding carboxylic acids is 1. The van der Waals surface area contributed by atoms with E-state index in [0.29, 0.717) is 15.5 Å². The molecule has 0 unspecified atom stereocenters. The maximum absolute atomic E-state index is 12.3. The molecule has 19 heavy (non-hydrogen) atoms. The number of aromatic hydroxyl groups is 1. The highest BCUT2D eigenvalue weighted by Crippen LogP contribution is 2.29. The van der Waals surface area contributed by atoms with E-state index in [1.165, 1.54) is 24.3 Å². The molecule has 4 heteroatoms. The van der Waals surface area contributed by atoms with Gasteiger partial charge in [-0.1, -0.05) is 12.1 Å². The van der Waals surface area contributed by atoms with E-state index < -0.39 is 0 Å². The van der Waals surface area contributed by atoms with Gasteiger partial charge in [-0.3, -0.25) is 9.59 Å². The Hall–Kier alpha value is -2.20. The molecule has 0 aliphatic carbocycles. The summed E-state index contributed by atoms with van der Waals surface area (Å²) in [5.74, 6) is -0.355. The van der Waals surface area contributed by atoms with Gasteiger partial charge in [-0.25, -0.2) is 0 Å². The van der Waals surface area contributed by atoms with Crippen LogP contribution in [0.2, 0.25) is 0 Å². The molecule has 0 radical (unpaired) electrons. The minimum absolute atomic E-state index is 0.116. The second kappa shape index (κ2) is 4.17. The number of benzene rings is 2. The second-order valence-electron chi connectivity index (χ2n) is 4.35. The Bertz CT molecular complexity index is 878. The van der Waals surface area contributed by atoms with E-state index in [1.807, 2.05) is 18.2 Å². The maximum Gasteiger partial charge on any atom is 0.196 e. The lowest BCUT2D eigenvalue weighted by molar-refractivity contribution is 0.101. The summed E-state index contributed by atoms with van der Waals surface area (Å²) in [7, 11) is 0. The van der Waals surface area contributed by atoms with Crippen LogP contribution in [0, 0.1) is 0 Å². The zero-order valence-electron chi connectivity index (χ0n) is 10.1. The first-order chi connectivity index (χ1) is 9.08. The van der Waals surface area contributed by atoms with Crippen LogP contribution in [0.5, 0.6) is 5.75 Å². The number of carbonyl (C=O) groups is 1. The Morgan fingerprint density at radius 2 is 1.84 bits per heavy atom. The van der Waals surface area contributed by atoms with E-state index in [1.54, 1.807) is 12.1 Å². The van der Waals surface area contributed by atoms with Crippen molar-refractivity contribution in [2.24, 2.45) is 0 Å². The van der Waals surface area contributed by atoms with Gasteiger partial charge in [-0.05, 0) is 31.2 Å². The van der Waals surface area contributed by atoms with E-state index in [-0.39, 0.29) is 22.5 Å². The van der Waals surface area contributed by atoms with E-state index in [2.05, 4.69) is 0 Å². The van der Waals surface area contributed by atoms with Crippen molar-refractivity contribution < 1.29 is 9.90 Å². The number of ketones is 1. The molecule has 1 N–H and O–H groups in total. The molecular formula is C15H10O3S. The highest BCUT2D eigenvalue weighted by Gasteiger charge is 2.12. The van der Waals surface area contributed by atoms with Crippen molar-refractivity contribution >= 4 is 37.3 Å². The molecule has 2 aromatic carbocycles. The van der Waals surface area contributed by atoms with Crippen LogP contribution in [0.3, 0.4) is 0 Å². The minimum Gasteiger partial charge on any atom is -0.507 e. The van der Waals surface area contributed by atoms with Crippen LogP contribution in [0.4, 0.5) is 0 Å². The molecule has 0 aliphatic heterocycles. The van der Waals surface area contributed by atoms with Crippen molar-refractivity contribution in [3.8, 4) is 5.75 Å². The summed E-state index contributed by atoms with van der Waals surface area (Å²) in [6.07, 6.45) is 0. The monoisotopic (exact) mass is 270 g/mol. The molecule has 94 valence electrons. The second-order valence-corrected chi connectivity index (χ2v) is 5.43. The summed E-state index contributed by atoms with van der Waals surface area (Å²) in [6.45, 7) is 1.39. The molecule has 0 saturated heterocycles. The van der Waals surface area contributed by atoms with Crippen molar-refractivity contribution in [2.45, 2.75) is 6.92 Å². The fraction of sp³-hybridized carbons (Fsp3) is 0.0667. The Morgan fingerprint density at radius 1 is 1.11 bits per heavy atom. The normalized spacial score (nSPS) is 11.0. The number of phenolic OH excluding ortho intramolecular Hbond substituents is 1. The molecule has 3 aromatic rings. The van der Waals surface area contributed by atoms with Gasteiger partial charge in [-0.2, -0.15) is 0 Å². The lowest BCUT2D eigenvalue weighted by atomic mass is 10.1. The first kappa shape index (κ1) is 11.9. The Labute approximate surface area is 112 Å². The van der Waals surface area contributed by atoms with Crippen molar-refractivity contribution in [2.75, 3.05) is 0 Å². The van der Waals surface area contributed by atoms with Crippen molar-refractivity contribution in [3.05, 3.63) is 52.2 Å². The van der Waals surface area contributed by atoms with E-state index >= 15 is 0 Å². The van der Waals surface area contributed by atoms with Crippen molar-refractivity contribution in [3.63, 3.8) is 0 Å². The van der Waals surface area contributed by atoms with Gasteiger partial charge in [0.25, 0.3) is 0 Å². The highest BCUT2D eigenvalue weighted by molar-refractivity contribution is 7.24. The van der Waals surface area contributed by atoms with E-state index in [0.717, 1.165) is 4.70 Å². The summed E-state index contributed by atoms with van der Waals surface area (Å²) in [5.41, 5.74) is 0.133. The molecule has 3 rings (SSSR count). The average Bonchev–Trinajstić information content (AvgIpc) is 2.39. The molecule has 1 heterocycles. The van der Waals surface area contributed by atoms with Crippen LogP contribution in [-0.4, -0.2) is 10.9 Å². The molecular weight excluding hydrogens is 260 g/mol. The van der Waals surface area contributed by atoms with Gasteiger partial charge in [0.1, 0.15) is 5.75 Å². The number of fused-ring (bicyclic) bond motifs is 2. The van der Waals surface area contributed by atoms with Gasteiger partial charge >= 0.3 is 0 Å². The van der Waals surface area contributed by atoms with Crippen LogP contribution in [-0.2, 0) is 0 Å². The molecule has 0 atom stereocenters. The van der Waals surface area contributed by atoms with Gasteiger partial charge in [-0.15, -0.1) is 11.3 Å². The van der Waals surface area contributed by atoms with E-state index in [9.17, 15) is 14.7 Å². The number of Topliss-reactive ketones (excluding diaryl/α,β-unsaturated/α-hetero) is 1. The largest absolute Gasteiger partial charge is 0.507 e. The lowest BCUT2D eigenvalue weighted by Gasteiger charge is -2.04. The zero-order valence-corrected chi connectivity index (χ0v) is 11.0. The molecule has 0 spiro atoms. The Balaban J connectivity index is 2.52. The number of hydrogen-bond donors (Lipinski definition) is 1. The summed E-state index contributed by atoms with van der Waals surface area (Å²) in [6, 6.07) is 10.3. The van der Waals surface area contributed by atoms with Crippen LogP contribution < -0.4 is 5.43 Å². The quantitative estimate of drug-likeness (QED) is 0.545. The molecule has 0 bridgehead atoms. The number of phenols is 1. The average molecular weight is 270 g/mol. The predicted molar refractivity (Wildman–Crippen MR) is 77.3 cm³/mol. The van der Waals surface area contributed by atoms with Gasteiger partial charge in [0, 0.05) is 20.2 Å². The van der Waals surface area contributed by atoms with E-state index in [4.69, 9.17) is 0 Å². The highest BCUT2D eigenvalue weighted by atomic mass is 32.1. The first-order valence-electron chi connectivity index (χ1n) is 5.77. The molecule has 3 nitrogen and oxygen atoms in total. The molecule has 0 amide bonds. The Morgan fingerprint density at radius 3 is 2.58 bits per heavy atom.